The van der Waals surface area contributed by atoms with E-state index in [4.69, 9.17) is 5.11 Å². The smallest absolute Gasteiger partial charge is 0.317 e. The lowest BCUT2D eigenvalue weighted by molar-refractivity contribution is -0.137. The van der Waals surface area contributed by atoms with Crippen molar-refractivity contribution in [3.8, 4) is 0 Å². The molecular formula is C9H17N3O4. The van der Waals surface area contributed by atoms with Gasteiger partial charge in [-0.15, -0.1) is 0 Å². The van der Waals surface area contributed by atoms with Crippen molar-refractivity contribution in [3.63, 3.8) is 0 Å². The van der Waals surface area contributed by atoms with Gasteiger partial charge < -0.3 is 20.6 Å². The number of urea groups is 1. The van der Waals surface area contributed by atoms with E-state index in [1.165, 1.54) is 11.9 Å². The molecule has 0 radical (unpaired) electrons. The molecule has 0 fully saturated rings. The molecule has 7 heteroatoms. The summed E-state index contributed by atoms with van der Waals surface area (Å²) in [5.41, 5.74) is 0. The second-order valence-electron chi connectivity index (χ2n) is 3.18. The lowest BCUT2D eigenvalue weighted by atomic mass is 10.4. The molecule has 0 aromatic heterocycles. The number of carbonyl (C=O) groups is 3. The minimum Gasteiger partial charge on any atom is -0.481 e. The number of likely N-dealkylation sites (N-methyl/N-ethyl adjacent to an activating group) is 1. The Balaban J connectivity index is 3.78. The number of aliphatic carboxylic acids is 1. The molecule has 0 rings (SSSR count). The maximum Gasteiger partial charge on any atom is 0.317 e. The molecule has 0 spiro atoms. The average molecular weight is 231 g/mol. The molecule has 3 N–H and O–H groups in total. The predicted molar refractivity (Wildman–Crippen MR) is 57.0 cm³/mol. The van der Waals surface area contributed by atoms with Crippen molar-refractivity contribution in [2.45, 2.75) is 13.3 Å². The SMILES string of the molecule is CCNC(=O)CNC(=O)N(C)CCC(=O)O. The van der Waals surface area contributed by atoms with Crippen LogP contribution in [0.5, 0.6) is 0 Å². The first kappa shape index (κ1) is 14.2. The van der Waals surface area contributed by atoms with Gasteiger partial charge in [-0.25, -0.2) is 4.79 Å². The van der Waals surface area contributed by atoms with Gasteiger partial charge in [-0.3, -0.25) is 9.59 Å². The van der Waals surface area contributed by atoms with Crippen LogP contribution in [0.3, 0.4) is 0 Å². The van der Waals surface area contributed by atoms with E-state index in [-0.39, 0.29) is 25.4 Å². The van der Waals surface area contributed by atoms with E-state index in [2.05, 4.69) is 10.6 Å². The summed E-state index contributed by atoms with van der Waals surface area (Å²) in [4.78, 5) is 33.8. The van der Waals surface area contributed by atoms with Gasteiger partial charge in [-0.1, -0.05) is 0 Å². The van der Waals surface area contributed by atoms with Crippen LogP contribution in [0.1, 0.15) is 13.3 Å². The van der Waals surface area contributed by atoms with Crippen LogP contribution in [0.15, 0.2) is 0 Å². The highest BCUT2D eigenvalue weighted by molar-refractivity contribution is 5.83. The third kappa shape index (κ3) is 6.63. The number of nitrogens with zero attached hydrogens (tertiary/aromatic N) is 1. The molecule has 0 aliphatic heterocycles. The summed E-state index contributed by atoms with van der Waals surface area (Å²) in [5, 5.41) is 13.3. The van der Waals surface area contributed by atoms with Crippen LogP contribution >= 0.6 is 0 Å². The van der Waals surface area contributed by atoms with Crippen molar-refractivity contribution in [2.24, 2.45) is 0 Å². The molecule has 92 valence electrons. The van der Waals surface area contributed by atoms with Gasteiger partial charge in [0.2, 0.25) is 5.91 Å². The first-order valence-corrected chi connectivity index (χ1v) is 4.94. The number of hydrogen-bond donors (Lipinski definition) is 3. The topological polar surface area (TPSA) is 98.7 Å². The van der Waals surface area contributed by atoms with Crippen molar-refractivity contribution in [2.75, 3.05) is 26.7 Å². The Morgan fingerprint density at radius 1 is 1.25 bits per heavy atom. The standard InChI is InChI=1S/C9H17N3O4/c1-3-10-7(13)6-11-9(16)12(2)5-4-8(14)15/h3-6H2,1-2H3,(H,10,13)(H,11,16)(H,14,15). The number of amides is 3. The number of carboxylic acid groups (broad SMARTS) is 1. The molecule has 0 bridgehead atoms. The van der Waals surface area contributed by atoms with E-state index in [0.717, 1.165) is 0 Å². The lowest BCUT2D eigenvalue weighted by Crippen LogP contribution is -2.43. The Hall–Kier alpha value is -1.79. The molecule has 0 unspecified atom stereocenters. The highest BCUT2D eigenvalue weighted by Crippen LogP contribution is 1.88. The minimum atomic E-state index is -0.969. The second-order valence-corrected chi connectivity index (χ2v) is 3.18. The zero-order chi connectivity index (χ0) is 12.6. The Morgan fingerprint density at radius 3 is 2.38 bits per heavy atom. The maximum atomic E-state index is 11.3. The molecular weight excluding hydrogens is 214 g/mol. The Bertz CT molecular complexity index is 267. The van der Waals surface area contributed by atoms with Gasteiger partial charge in [0.15, 0.2) is 0 Å². The summed E-state index contributed by atoms with van der Waals surface area (Å²) < 4.78 is 0. The van der Waals surface area contributed by atoms with Crippen LogP contribution < -0.4 is 10.6 Å². The van der Waals surface area contributed by atoms with Crippen molar-refractivity contribution >= 4 is 17.9 Å². The molecule has 3 amide bonds. The number of carbonyl (C=O) groups excluding carboxylic acids is 2. The zero-order valence-corrected chi connectivity index (χ0v) is 9.45. The van der Waals surface area contributed by atoms with Crippen LogP contribution in [0, 0.1) is 0 Å². The number of nitrogens with one attached hydrogen (secondary N) is 2. The van der Waals surface area contributed by atoms with Crippen molar-refractivity contribution < 1.29 is 19.5 Å². The molecule has 0 aliphatic rings. The second kappa shape index (κ2) is 7.49. The van der Waals surface area contributed by atoms with Crippen molar-refractivity contribution in [1.82, 2.24) is 15.5 Å². The molecule has 0 heterocycles. The maximum absolute atomic E-state index is 11.3. The average Bonchev–Trinajstić information content (AvgIpc) is 2.22. The summed E-state index contributed by atoms with van der Waals surface area (Å²) >= 11 is 0. The summed E-state index contributed by atoms with van der Waals surface area (Å²) in [7, 11) is 1.47. The first-order valence-electron chi connectivity index (χ1n) is 4.94. The van der Waals surface area contributed by atoms with E-state index < -0.39 is 12.0 Å². The normalized spacial score (nSPS) is 9.38. The van der Waals surface area contributed by atoms with Crippen LogP contribution in [0.4, 0.5) is 4.79 Å². The molecule has 0 aliphatic carbocycles. The van der Waals surface area contributed by atoms with Gasteiger partial charge in [0.05, 0.1) is 13.0 Å². The van der Waals surface area contributed by atoms with E-state index in [9.17, 15) is 14.4 Å². The molecule has 0 saturated carbocycles. The monoisotopic (exact) mass is 231 g/mol. The van der Waals surface area contributed by atoms with E-state index in [1.54, 1.807) is 6.92 Å². The first-order chi connectivity index (χ1) is 7.47. The summed E-state index contributed by atoms with van der Waals surface area (Å²) in [6.07, 6.45) is -0.120. The minimum absolute atomic E-state index is 0.107. The fourth-order valence-corrected chi connectivity index (χ4v) is 0.915. The molecule has 16 heavy (non-hydrogen) atoms. The fourth-order valence-electron chi connectivity index (χ4n) is 0.915. The molecule has 7 nitrogen and oxygen atoms in total. The largest absolute Gasteiger partial charge is 0.481 e. The Kier molecular flexibility index (Phi) is 6.66. The summed E-state index contributed by atoms with van der Waals surface area (Å²) in [6, 6.07) is -0.465. The number of carboxylic acids is 1. The third-order valence-electron chi connectivity index (χ3n) is 1.78. The number of rotatable bonds is 6. The fraction of sp³-hybridized carbons (Fsp3) is 0.667. The highest BCUT2D eigenvalue weighted by Gasteiger charge is 2.10. The van der Waals surface area contributed by atoms with Gasteiger partial charge in [-0.2, -0.15) is 0 Å². The highest BCUT2D eigenvalue weighted by atomic mass is 16.4. The predicted octanol–water partition coefficient (Wildman–Crippen LogP) is -0.761. The Labute approximate surface area is 93.8 Å². The summed E-state index contributed by atoms with van der Waals surface area (Å²) in [6.45, 7) is 2.28. The van der Waals surface area contributed by atoms with Crippen LogP contribution in [0.25, 0.3) is 0 Å². The van der Waals surface area contributed by atoms with Gasteiger partial charge in [0, 0.05) is 20.1 Å². The van der Waals surface area contributed by atoms with Crippen LogP contribution in [-0.4, -0.2) is 54.6 Å². The van der Waals surface area contributed by atoms with Crippen LogP contribution in [0.2, 0.25) is 0 Å². The van der Waals surface area contributed by atoms with Crippen molar-refractivity contribution in [1.29, 1.82) is 0 Å². The van der Waals surface area contributed by atoms with E-state index >= 15 is 0 Å². The van der Waals surface area contributed by atoms with Crippen molar-refractivity contribution in [3.05, 3.63) is 0 Å². The molecule has 0 aromatic carbocycles. The zero-order valence-electron chi connectivity index (χ0n) is 9.45. The molecule has 0 atom stereocenters. The van der Waals surface area contributed by atoms with Gasteiger partial charge in [0.1, 0.15) is 0 Å². The van der Waals surface area contributed by atoms with Gasteiger partial charge in [-0.05, 0) is 6.92 Å². The van der Waals surface area contributed by atoms with Crippen LogP contribution in [-0.2, 0) is 9.59 Å². The summed E-state index contributed by atoms with van der Waals surface area (Å²) in [5.74, 6) is -1.24. The lowest BCUT2D eigenvalue weighted by Gasteiger charge is -2.16. The Morgan fingerprint density at radius 2 is 1.88 bits per heavy atom. The molecule has 0 aromatic rings. The molecule has 0 saturated heterocycles. The van der Waals surface area contributed by atoms with Gasteiger partial charge >= 0.3 is 12.0 Å². The van der Waals surface area contributed by atoms with E-state index in [0.29, 0.717) is 6.54 Å². The quantitative estimate of drug-likeness (QED) is 0.559. The van der Waals surface area contributed by atoms with E-state index in [1.807, 2.05) is 0 Å². The number of hydrogen-bond acceptors (Lipinski definition) is 3. The third-order valence-corrected chi connectivity index (χ3v) is 1.78. The van der Waals surface area contributed by atoms with Gasteiger partial charge in [0.25, 0.3) is 0 Å².